The van der Waals surface area contributed by atoms with Crippen molar-refractivity contribution in [2.75, 3.05) is 18.9 Å². The molecule has 0 bridgehead atoms. The summed E-state index contributed by atoms with van der Waals surface area (Å²) in [6, 6.07) is 5.41. The third-order valence-corrected chi connectivity index (χ3v) is 2.57. The molecule has 0 fully saturated rings. The Balaban J connectivity index is 1.91. The van der Waals surface area contributed by atoms with Crippen LogP contribution in [0.4, 0.5) is 5.69 Å². The van der Waals surface area contributed by atoms with Crippen LogP contribution in [0, 0.1) is 0 Å². The van der Waals surface area contributed by atoms with Gasteiger partial charge in [-0.3, -0.25) is 9.78 Å². The van der Waals surface area contributed by atoms with Gasteiger partial charge in [-0.1, -0.05) is 0 Å². The van der Waals surface area contributed by atoms with Gasteiger partial charge < -0.3 is 15.1 Å². The minimum atomic E-state index is -0.117. The highest BCUT2D eigenvalue weighted by molar-refractivity contribution is 5.99. The number of furan rings is 1. The van der Waals surface area contributed by atoms with E-state index in [2.05, 4.69) is 15.6 Å². The lowest BCUT2D eigenvalue weighted by Crippen LogP contribution is -2.26. The topological polar surface area (TPSA) is 67.2 Å². The molecule has 0 unspecified atom stereocenters. The van der Waals surface area contributed by atoms with Crippen molar-refractivity contribution in [3.63, 3.8) is 0 Å². The summed E-state index contributed by atoms with van der Waals surface area (Å²) in [4.78, 5) is 15.9. The van der Waals surface area contributed by atoms with Gasteiger partial charge in [-0.2, -0.15) is 0 Å². The number of carbonyl (C=O) groups excluding carboxylic acids is 1. The Morgan fingerprint density at radius 1 is 1.44 bits per heavy atom. The molecule has 2 N–H and O–H groups in total. The molecule has 0 atom stereocenters. The van der Waals surface area contributed by atoms with E-state index in [4.69, 9.17) is 4.42 Å². The second-order valence-corrected chi connectivity index (χ2v) is 3.76. The van der Waals surface area contributed by atoms with Gasteiger partial charge in [-0.15, -0.1) is 0 Å². The van der Waals surface area contributed by atoms with Crippen LogP contribution >= 0.6 is 0 Å². The molecule has 2 aromatic heterocycles. The first-order valence-corrected chi connectivity index (χ1v) is 5.73. The van der Waals surface area contributed by atoms with Crippen LogP contribution in [0.15, 0.2) is 41.3 Å². The molecule has 5 heteroatoms. The highest BCUT2D eigenvalue weighted by Crippen LogP contribution is 2.11. The molecule has 2 aromatic rings. The van der Waals surface area contributed by atoms with Gasteiger partial charge in [0.05, 0.1) is 23.7 Å². The number of hydrogen-bond donors (Lipinski definition) is 2. The van der Waals surface area contributed by atoms with Crippen molar-refractivity contribution in [1.82, 2.24) is 10.3 Å². The molecule has 0 saturated carbocycles. The summed E-state index contributed by atoms with van der Waals surface area (Å²) in [5, 5.41) is 5.78. The third kappa shape index (κ3) is 2.88. The molecule has 0 radical (unpaired) electrons. The summed E-state index contributed by atoms with van der Waals surface area (Å²) in [6.07, 6.45) is 5.53. The molecule has 2 rings (SSSR count). The second-order valence-electron chi connectivity index (χ2n) is 3.76. The third-order valence-electron chi connectivity index (χ3n) is 2.57. The molecule has 0 saturated heterocycles. The van der Waals surface area contributed by atoms with Gasteiger partial charge in [0.1, 0.15) is 5.76 Å². The van der Waals surface area contributed by atoms with Crippen LogP contribution in [-0.4, -0.2) is 24.5 Å². The smallest absolute Gasteiger partial charge is 0.253 e. The standard InChI is InChI=1S/C13H15N3O2/c1-14-12-9-15-6-5-11(12)13(17)16-7-4-10-3-2-8-18-10/h2-3,5-6,8-9,14H,4,7H2,1H3,(H,16,17). The van der Waals surface area contributed by atoms with Crippen molar-refractivity contribution in [2.45, 2.75) is 6.42 Å². The quantitative estimate of drug-likeness (QED) is 0.841. The van der Waals surface area contributed by atoms with E-state index in [0.29, 0.717) is 24.2 Å². The number of aromatic nitrogens is 1. The predicted octanol–water partition coefficient (Wildman–Crippen LogP) is 1.69. The van der Waals surface area contributed by atoms with Gasteiger partial charge >= 0.3 is 0 Å². The summed E-state index contributed by atoms with van der Waals surface area (Å²) in [5.74, 6) is 0.743. The first-order chi connectivity index (χ1) is 8.81. The maximum absolute atomic E-state index is 11.9. The molecule has 2 heterocycles. The van der Waals surface area contributed by atoms with Gasteiger partial charge in [0.25, 0.3) is 5.91 Å². The summed E-state index contributed by atoms with van der Waals surface area (Å²) in [6.45, 7) is 0.540. The Bertz CT molecular complexity index is 509. The fourth-order valence-electron chi connectivity index (χ4n) is 1.64. The van der Waals surface area contributed by atoms with Gasteiger partial charge in [0.2, 0.25) is 0 Å². The molecule has 0 spiro atoms. The number of anilines is 1. The SMILES string of the molecule is CNc1cnccc1C(=O)NCCc1ccco1. The Kier molecular flexibility index (Phi) is 3.96. The van der Waals surface area contributed by atoms with Crippen LogP contribution in [0.5, 0.6) is 0 Å². The maximum atomic E-state index is 11.9. The maximum Gasteiger partial charge on any atom is 0.253 e. The number of rotatable bonds is 5. The Hall–Kier alpha value is -2.30. The van der Waals surface area contributed by atoms with Gasteiger partial charge in [-0.05, 0) is 18.2 Å². The van der Waals surface area contributed by atoms with Crippen molar-refractivity contribution < 1.29 is 9.21 Å². The molecule has 0 aliphatic carbocycles. The van der Waals surface area contributed by atoms with Crippen molar-refractivity contribution in [3.05, 3.63) is 48.2 Å². The second kappa shape index (κ2) is 5.86. The first-order valence-electron chi connectivity index (χ1n) is 5.73. The van der Waals surface area contributed by atoms with Crippen LogP contribution in [0.2, 0.25) is 0 Å². The molecular weight excluding hydrogens is 230 g/mol. The lowest BCUT2D eigenvalue weighted by molar-refractivity contribution is 0.0954. The fraction of sp³-hybridized carbons (Fsp3) is 0.231. The molecule has 18 heavy (non-hydrogen) atoms. The highest BCUT2D eigenvalue weighted by atomic mass is 16.3. The number of pyridine rings is 1. The number of carbonyl (C=O) groups is 1. The normalized spacial score (nSPS) is 10.1. The number of nitrogens with one attached hydrogen (secondary N) is 2. The minimum absolute atomic E-state index is 0.117. The van der Waals surface area contributed by atoms with Crippen LogP contribution in [0.1, 0.15) is 16.1 Å². The zero-order valence-electron chi connectivity index (χ0n) is 10.1. The average Bonchev–Trinajstić information content (AvgIpc) is 2.91. The lowest BCUT2D eigenvalue weighted by atomic mass is 10.2. The average molecular weight is 245 g/mol. The first kappa shape index (κ1) is 12.2. The predicted molar refractivity (Wildman–Crippen MR) is 68.5 cm³/mol. The largest absolute Gasteiger partial charge is 0.469 e. The number of nitrogens with zero attached hydrogens (tertiary/aromatic N) is 1. The van der Waals surface area contributed by atoms with E-state index < -0.39 is 0 Å². The van der Waals surface area contributed by atoms with E-state index in [1.165, 1.54) is 0 Å². The van der Waals surface area contributed by atoms with Crippen molar-refractivity contribution >= 4 is 11.6 Å². The minimum Gasteiger partial charge on any atom is -0.469 e. The summed E-state index contributed by atoms with van der Waals surface area (Å²) in [5.41, 5.74) is 1.31. The zero-order valence-corrected chi connectivity index (χ0v) is 10.1. The Morgan fingerprint density at radius 2 is 2.33 bits per heavy atom. The van der Waals surface area contributed by atoms with E-state index in [9.17, 15) is 4.79 Å². The van der Waals surface area contributed by atoms with E-state index in [0.717, 1.165) is 5.76 Å². The summed E-state index contributed by atoms with van der Waals surface area (Å²) < 4.78 is 5.19. The molecule has 5 nitrogen and oxygen atoms in total. The van der Waals surface area contributed by atoms with Gasteiger partial charge in [-0.25, -0.2) is 0 Å². The van der Waals surface area contributed by atoms with Crippen molar-refractivity contribution in [1.29, 1.82) is 0 Å². The monoisotopic (exact) mass is 245 g/mol. The van der Waals surface area contributed by atoms with Crippen LogP contribution in [-0.2, 0) is 6.42 Å². The fourth-order valence-corrected chi connectivity index (χ4v) is 1.64. The molecule has 94 valence electrons. The van der Waals surface area contributed by atoms with Crippen LogP contribution < -0.4 is 10.6 Å². The van der Waals surface area contributed by atoms with Crippen molar-refractivity contribution in [3.8, 4) is 0 Å². The van der Waals surface area contributed by atoms with E-state index in [-0.39, 0.29) is 5.91 Å². The van der Waals surface area contributed by atoms with E-state index in [1.807, 2.05) is 12.1 Å². The van der Waals surface area contributed by atoms with Gasteiger partial charge in [0, 0.05) is 26.2 Å². The molecule has 1 amide bonds. The molecule has 0 aliphatic rings. The Morgan fingerprint density at radius 3 is 3.06 bits per heavy atom. The summed E-state index contributed by atoms with van der Waals surface area (Å²) in [7, 11) is 1.76. The van der Waals surface area contributed by atoms with E-state index >= 15 is 0 Å². The summed E-state index contributed by atoms with van der Waals surface area (Å²) >= 11 is 0. The van der Waals surface area contributed by atoms with E-state index in [1.54, 1.807) is 31.8 Å². The lowest BCUT2D eigenvalue weighted by Gasteiger charge is -2.08. The molecule has 0 aromatic carbocycles. The van der Waals surface area contributed by atoms with Crippen molar-refractivity contribution in [2.24, 2.45) is 0 Å². The molecular formula is C13H15N3O2. The number of hydrogen-bond acceptors (Lipinski definition) is 4. The zero-order chi connectivity index (χ0) is 12.8. The van der Waals surface area contributed by atoms with Crippen LogP contribution in [0.25, 0.3) is 0 Å². The van der Waals surface area contributed by atoms with Crippen LogP contribution in [0.3, 0.4) is 0 Å². The Labute approximate surface area is 105 Å². The highest BCUT2D eigenvalue weighted by Gasteiger charge is 2.09. The van der Waals surface area contributed by atoms with Gasteiger partial charge in [0.15, 0.2) is 0 Å². The molecule has 0 aliphatic heterocycles. The number of amides is 1.